The maximum absolute atomic E-state index is 6.03. The first-order chi connectivity index (χ1) is 8.54. The Labute approximate surface area is 137 Å². The van der Waals surface area contributed by atoms with Crippen molar-refractivity contribution in [2.24, 2.45) is 10.2 Å². The molecule has 1 rings (SSSR count). The van der Waals surface area contributed by atoms with E-state index in [1.807, 2.05) is 12.1 Å². The zero-order valence-corrected chi connectivity index (χ0v) is 15.3. The summed E-state index contributed by atoms with van der Waals surface area (Å²) in [7, 11) is 0. The number of hydrogen-bond acceptors (Lipinski definition) is 2. The second-order valence-corrected chi connectivity index (χ2v) is 6.58. The van der Waals surface area contributed by atoms with E-state index in [2.05, 4.69) is 64.9 Å². The molecule has 0 aliphatic heterocycles. The number of halogens is 4. The van der Waals surface area contributed by atoms with E-state index in [0.717, 1.165) is 31.8 Å². The van der Waals surface area contributed by atoms with Crippen LogP contribution in [0.2, 0.25) is 0 Å². The molecule has 1 aromatic carbocycles. The normalized spacial score (nSPS) is 12.4. The van der Waals surface area contributed by atoms with Crippen molar-refractivity contribution in [3.63, 3.8) is 0 Å². The molecule has 0 heterocycles. The van der Waals surface area contributed by atoms with E-state index in [4.69, 9.17) is 11.6 Å². The molecular weight excluding hydrogens is 447 g/mol. The third kappa shape index (κ3) is 5.51. The van der Waals surface area contributed by atoms with Crippen LogP contribution < -0.4 is 0 Å². The molecule has 0 bridgehead atoms. The molecule has 0 atom stereocenters. The van der Waals surface area contributed by atoms with Crippen molar-refractivity contribution in [2.45, 2.75) is 19.8 Å². The van der Waals surface area contributed by atoms with Crippen LogP contribution in [0.4, 0.5) is 0 Å². The van der Waals surface area contributed by atoms with Gasteiger partial charge in [0.1, 0.15) is 0 Å². The molecule has 0 amide bonds. The Morgan fingerprint density at radius 3 is 2.44 bits per heavy atom. The molecule has 0 aromatic heterocycles. The summed E-state index contributed by atoms with van der Waals surface area (Å²) in [5, 5.41) is 8.35. The zero-order chi connectivity index (χ0) is 13.5. The van der Waals surface area contributed by atoms with Crippen LogP contribution in [0.15, 0.2) is 40.9 Å². The predicted octanol–water partition coefficient (Wildman–Crippen LogP) is 6.76. The van der Waals surface area contributed by atoms with Crippen LogP contribution in [0, 0.1) is 0 Å². The van der Waals surface area contributed by atoms with Crippen LogP contribution >= 0.6 is 59.4 Å². The fourth-order valence-corrected chi connectivity index (χ4v) is 3.84. The molecule has 98 valence electrons. The highest BCUT2D eigenvalue weighted by Gasteiger charge is 2.05. The lowest BCUT2D eigenvalue weighted by molar-refractivity contribution is 0.778. The summed E-state index contributed by atoms with van der Waals surface area (Å²) < 4.78 is 2.86. The SMILES string of the molecule is CCCCN=N/C(Cl)=C\c1c(Br)cc(Br)cc1Br. The quantitative estimate of drug-likeness (QED) is 0.264. The highest BCUT2D eigenvalue weighted by atomic mass is 79.9. The second-order valence-electron chi connectivity index (χ2n) is 3.57. The third-order valence-corrected chi connectivity index (χ3v) is 4.04. The molecule has 1 aromatic rings. The molecule has 18 heavy (non-hydrogen) atoms. The Morgan fingerprint density at radius 1 is 1.28 bits per heavy atom. The lowest BCUT2D eigenvalue weighted by Crippen LogP contribution is -1.81. The van der Waals surface area contributed by atoms with Gasteiger partial charge in [0.2, 0.25) is 0 Å². The van der Waals surface area contributed by atoms with Crippen molar-refractivity contribution < 1.29 is 0 Å². The number of nitrogens with zero attached hydrogens (tertiary/aromatic N) is 2. The van der Waals surface area contributed by atoms with Crippen LogP contribution in [0.3, 0.4) is 0 Å². The summed E-state index contributed by atoms with van der Waals surface area (Å²) in [5.41, 5.74) is 0.942. The van der Waals surface area contributed by atoms with E-state index in [9.17, 15) is 0 Å². The van der Waals surface area contributed by atoms with Gasteiger partial charge in [-0.25, -0.2) is 0 Å². The highest BCUT2D eigenvalue weighted by molar-refractivity contribution is 9.11. The van der Waals surface area contributed by atoms with Crippen LogP contribution in [-0.2, 0) is 0 Å². The van der Waals surface area contributed by atoms with E-state index in [1.54, 1.807) is 6.08 Å². The lowest BCUT2D eigenvalue weighted by atomic mass is 10.2. The summed E-state index contributed by atoms with van der Waals surface area (Å²) in [6, 6.07) is 3.91. The van der Waals surface area contributed by atoms with Gasteiger partial charge in [0.05, 0.1) is 6.54 Å². The fourth-order valence-electron chi connectivity index (χ4n) is 1.19. The third-order valence-electron chi connectivity index (χ3n) is 2.09. The first-order valence-electron chi connectivity index (χ1n) is 5.43. The number of azo groups is 1. The number of rotatable bonds is 5. The average molecular weight is 459 g/mol. The van der Waals surface area contributed by atoms with Crippen LogP contribution in [0.5, 0.6) is 0 Å². The Balaban J connectivity index is 2.85. The van der Waals surface area contributed by atoms with E-state index >= 15 is 0 Å². The van der Waals surface area contributed by atoms with Crippen molar-refractivity contribution in [3.05, 3.63) is 36.3 Å². The maximum atomic E-state index is 6.03. The molecule has 0 aliphatic carbocycles. The van der Waals surface area contributed by atoms with Crippen molar-refractivity contribution in [2.75, 3.05) is 6.54 Å². The molecule has 6 heteroatoms. The highest BCUT2D eigenvalue weighted by Crippen LogP contribution is 2.32. The number of hydrogen-bond donors (Lipinski definition) is 0. The van der Waals surface area contributed by atoms with E-state index < -0.39 is 0 Å². The Bertz CT molecular complexity index is 449. The molecule has 0 aliphatic rings. The molecule has 0 fully saturated rings. The Hall–Kier alpha value is 0.290. The van der Waals surface area contributed by atoms with Gasteiger partial charge in [-0.05, 0) is 24.6 Å². The van der Waals surface area contributed by atoms with Gasteiger partial charge in [-0.2, -0.15) is 5.11 Å². The van der Waals surface area contributed by atoms with Gasteiger partial charge in [0.25, 0.3) is 0 Å². The van der Waals surface area contributed by atoms with Gasteiger partial charge >= 0.3 is 0 Å². The van der Waals surface area contributed by atoms with E-state index in [1.165, 1.54) is 0 Å². The van der Waals surface area contributed by atoms with Gasteiger partial charge in [-0.15, -0.1) is 5.11 Å². The standard InChI is InChI=1S/C12H12Br3ClN2/c1-2-3-4-17-18-12(16)7-9-10(14)5-8(13)6-11(9)15/h5-7H,2-4H2,1H3/b12-7-,18-17?. The molecule has 0 saturated carbocycles. The fraction of sp³-hybridized carbons (Fsp3) is 0.333. The van der Waals surface area contributed by atoms with Gasteiger partial charge in [0, 0.05) is 19.0 Å². The van der Waals surface area contributed by atoms with Gasteiger partial charge in [0.15, 0.2) is 5.16 Å². The zero-order valence-electron chi connectivity index (χ0n) is 9.76. The Kier molecular flexibility index (Phi) is 7.68. The van der Waals surface area contributed by atoms with Gasteiger partial charge in [-0.3, -0.25) is 0 Å². The van der Waals surface area contributed by atoms with Crippen LogP contribution in [0.1, 0.15) is 25.3 Å². The van der Waals surface area contributed by atoms with Crippen molar-refractivity contribution in [3.8, 4) is 0 Å². The minimum absolute atomic E-state index is 0.370. The average Bonchev–Trinajstić information content (AvgIpc) is 2.29. The van der Waals surface area contributed by atoms with Crippen molar-refractivity contribution >= 4 is 65.5 Å². The number of benzene rings is 1. The molecule has 2 nitrogen and oxygen atoms in total. The van der Waals surface area contributed by atoms with Crippen LogP contribution in [-0.4, -0.2) is 6.54 Å². The van der Waals surface area contributed by atoms with Crippen LogP contribution in [0.25, 0.3) is 6.08 Å². The largest absolute Gasteiger partial charge is 0.188 e. The van der Waals surface area contributed by atoms with Gasteiger partial charge < -0.3 is 0 Å². The van der Waals surface area contributed by atoms with Crippen molar-refractivity contribution in [1.29, 1.82) is 0 Å². The summed E-state index contributed by atoms with van der Waals surface area (Å²) in [6.07, 6.45) is 3.90. The summed E-state index contributed by atoms with van der Waals surface area (Å²) >= 11 is 16.4. The minimum Gasteiger partial charge on any atom is -0.188 e. The molecule has 0 spiro atoms. The minimum atomic E-state index is 0.370. The van der Waals surface area contributed by atoms with Gasteiger partial charge in [-0.1, -0.05) is 72.7 Å². The smallest absolute Gasteiger partial charge is 0.151 e. The molecular formula is C12H12Br3ClN2. The first-order valence-corrected chi connectivity index (χ1v) is 8.19. The first kappa shape index (κ1) is 16.3. The summed E-state index contributed by atoms with van der Waals surface area (Å²) in [4.78, 5) is 0. The monoisotopic (exact) mass is 456 g/mol. The second kappa shape index (κ2) is 8.46. The lowest BCUT2D eigenvalue weighted by Gasteiger charge is -2.03. The summed E-state index contributed by atoms with van der Waals surface area (Å²) in [5.74, 6) is 0. The Morgan fingerprint density at radius 2 is 1.89 bits per heavy atom. The summed E-state index contributed by atoms with van der Waals surface area (Å²) in [6.45, 7) is 2.83. The molecule has 0 unspecified atom stereocenters. The predicted molar refractivity (Wildman–Crippen MR) is 88.0 cm³/mol. The molecule has 0 radical (unpaired) electrons. The maximum Gasteiger partial charge on any atom is 0.151 e. The van der Waals surface area contributed by atoms with E-state index in [-0.39, 0.29) is 0 Å². The molecule has 0 saturated heterocycles. The topological polar surface area (TPSA) is 24.7 Å². The van der Waals surface area contributed by atoms with E-state index in [0.29, 0.717) is 11.7 Å². The molecule has 0 N–H and O–H groups in total. The number of unbranched alkanes of at least 4 members (excludes halogenated alkanes) is 1. The van der Waals surface area contributed by atoms with Crippen molar-refractivity contribution in [1.82, 2.24) is 0 Å².